The molecule has 48 heavy (non-hydrogen) atoms. The highest BCUT2D eigenvalue weighted by molar-refractivity contribution is 6.76. The van der Waals surface area contributed by atoms with Gasteiger partial charge in [0.25, 0.3) is 0 Å². The minimum atomic E-state index is -2.01. The van der Waals surface area contributed by atoms with Crippen LogP contribution in [0.4, 0.5) is 0 Å². The van der Waals surface area contributed by atoms with Gasteiger partial charge < -0.3 is 23.4 Å². The molecule has 276 valence electrons. The number of rotatable bonds is 25. The Morgan fingerprint density at radius 2 is 1.60 bits per heavy atom. The van der Waals surface area contributed by atoms with Gasteiger partial charge >= 0.3 is 0 Å². The van der Waals surface area contributed by atoms with Crippen LogP contribution in [0.15, 0.2) is 71.9 Å². The van der Waals surface area contributed by atoms with E-state index in [1.807, 2.05) is 32.1 Å². The van der Waals surface area contributed by atoms with Crippen LogP contribution in [-0.2, 0) is 28.2 Å². The van der Waals surface area contributed by atoms with E-state index in [0.717, 1.165) is 43.1 Å². The Labute approximate surface area is 297 Å². The van der Waals surface area contributed by atoms with Gasteiger partial charge in [-0.1, -0.05) is 107 Å². The van der Waals surface area contributed by atoms with Gasteiger partial charge in [0.15, 0.2) is 14.1 Å². The zero-order valence-corrected chi connectivity index (χ0v) is 35.2. The molecule has 0 fully saturated rings. The summed E-state index contributed by atoms with van der Waals surface area (Å²) in [6.45, 7) is 33.9. The monoisotopic (exact) mass is 704 g/mol. The van der Waals surface area contributed by atoms with E-state index in [9.17, 15) is 4.79 Å². The number of carbonyl (C=O) groups excluding carboxylic acids is 1. The SMILES string of the molecule is C=C[C@@H](OCOC)[C@@H](CC/C=C/C=C(\C)C[C@@H](OCOCC[Si](C)(C)C)[C@H](C)/C=C(C)/C=C/CC(=O)C=C(C)C)O[Si](C)(C)C(C)(C)C. The number of hydrogen-bond donors (Lipinski definition) is 0. The summed E-state index contributed by atoms with van der Waals surface area (Å²) in [7, 11) is -1.55. The minimum absolute atomic E-state index is 0.0363. The van der Waals surface area contributed by atoms with Crippen molar-refractivity contribution in [3.05, 3.63) is 71.9 Å². The molecule has 8 heteroatoms. The Kier molecular flexibility index (Phi) is 22.9. The second-order valence-corrected chi connectivity index (χ2v) is 26.4. The summed E-state index contributed by atoms with van der Waals surface area (Å²) < 4.78 is 30.1. The molecular weight excluding hydrogens is 633 g/mol. The maximum Gasteiger partial charge on any atom is 0.192 e. The highest BCUT2D eigenvalue weighted by atomic mass is 28.4. The predicted octanol–water partition coefficient (Wildman–Crippen LogP) is 11.0. The molecule has 0 unspecified atom stereocenters. The fraction of sp³-hybridized carbons (Fsp3) is 0.675. The molecule has 0 aromatic heterocycles. The summed E-state index contributed by atoms with van der Waals surface area (Å²) in [5.74, 6) is 0.281. The summed E-state index contributed by atoms with van der Waals surface area (Å²) in [5.41, 5.74) is 3.37. The maximum atomic E-state index is 12.0. The van der Waals surface area contributed by atoms with E-state index in [4.69, 9.17) is 23.4 Å². The maximum absolute atomic E-state index is 12.0. The first-order chi connectivity index (χ1) is 22.2. The van der Waals surface area contributed by atoms with E-state index in [2.05, 4.69) is 105 Å². The molecule has 6 nitrogen and oxygen atoms in total. The zero-order valence-electron chi connectivity index (χ0n) is 33.2. The molecule has 0 amide bonds. The molecule has 4 atom stereocenters. The standard InChI is InChI=1S/C40H72O6Si2/c1-16-37(44-30-42-10)38(46-48(14,15)40(7,8)9)24-19-17-18-21-34(5)29-39(45-31-43-25-26-47(11,12)13)35(6)28-33(4)22-20-23-36(41)27-32(2)3/h16-18,20-22,27-28,35,37-39H,1,19,23-26,29-31H2,2-15H3/b18-17+,22-20+,33-28+,34-21+/t35-,37-,38-,39-/m1/s1. The van der Waals surface area contributed by atoms with Crippen molar-refractivity contribution in [2.75, 3.05) is 27.3 Å². The summed E-state index contributed by atoms with van der Waals surface area (Å²) in [5, 5.41) is 0.0948. The van der Waals surface area contributed by atoms with Crippen molar-refractivity contribution in [2.45, 2.75) is 143 Å². The van der Waals surface area contributed by atoms with Gasteiger partial charge in [0, 0.05) is 34.1 Å². The molecule has 0 N–H and O–H groups in total. The number of carbonyl (C=O) groups is 1. The lowest BCUT2D eigenvalue weighted by molar-refractivity contribution is -0.113. The fourth-order valence-corrected chi connectivity index (χ4v) is 6.70. The van der Waals surface area contributed by atoms with Crippen LogP contribution in [-0.4, -0.2) is 67.8 Å². The molecular formula is C40H72O6Si2. The number of allylic oxidation sites excluding steroid dienone is 8. The van der Waals surface area contributed by atoms with E-state index in [1.165, 1.54) is 5.57 Å². The number of ether oxygens (including phenoxy) is 4. The lowest BCUT2D eigenvalue weighted by atomic mass is 9.95. The van der Waals surface area contributed by atoms with E-state index >= 15 is 0 Å². The van der Waals surface area contributed by atoms with Crippen LogP contribution in [0.3, 0.4) is 0 Å². The minimum Gasteiger partial charge on any atom is -0.411 e. The molecule has 0 aliphatic rings. The molecule has 0 aliphatic heterocycles. The van der Waals surface area contributed by atoms with Crippen LogP contribution < -0.4 is 0 Å². The Balaban J connectivity index is 5.62. The number of ketones is 1. The van der Waals surface area contributed by atoms with Crippen LogP contribution in [0.5, 0.6) is 0 Å². The van der Waals surface area contributed by atoms with Crippen LogP contribution in [0, 0.1) is 5.92 Å². The van der Waals surface area contributed by atoms with Crippen LogP contribution >= 0.6 is 0 Å². The predicted molar refractivity (Wildman–Crippen MR) is 211 cm³/mol. The highest BCUT2D eigenvalue weighted by Crippen LogP contribution is 2.38. The van der Waals surface area contributed by atoms with Gasteiger partial charge in [-0.05, 0) is 77.2 Å². The largest absolute Gasteiger partial charge is 0.411 e. The average molecular weight is 705 g/mol. The Bertz CT molecular complexity index is 1080. The molecule has 0 radical (unpaired) electrons. The van der Waals surface area contributed by atoms with E-state index in [0.29, 0.717) is 6.42 Å². The van der Waals surface area contributed by atoms with Gasteiger partial charge in [0.1, 0.15) is 19.7 Å². The second-order valence-electron chi connectivity index (χ2n) is 16.0. The quantitative estimate of drug-likeness (QED) is 0.0235. The fourth-order valence-electron chi connectivity index (χ4n) is 4.58. The Morgan fingerprint density at radius 1 is 0.938 bits per heavy atom. The average Bonchev–Trinajstić information content (AvgIpc) is 2.94. The number of methoxy groups -OCH3 is 1. The van der Waals surface area contributed by atoms with Gasteiger partial charge in [-0.15, -0.1) is 6.58 Å². The first-order valence-electron chi connectivity index (χ1n) is 17.7. The van der Waals surface area contributed by atoms with Crippen molar-refractivity contribution in [2.24, 2.45) is 5.92 Å². The highest BCUT2D eigenvalue weighted by Gasteiger charge is 2.40. The van der Waals surface area contributed by atoms with Crippen molar-refractivity contribution in [3.63, 3.8) is 0 Å². The van der Waals surface area contributed by atoms with Crippen molar-refractivity contribution < 1.29 is 28.2 Å². The first kappa shape index (κ1) is 46.3. The van der Waals surface area contributed by atoms with Gasteiger partial charge in [-0.2, -0.15) is 0 Å². The number of hydrogen-bond acceptors (Lipinski definition) is 6. The van der Waals surface area contributed by atoms with Gasteiger partial charge in [-0.3, -0.25) is 4.79 Å². The topological polar surface area (TPSA) is 63.2 Å². The van der Waals surface area contributed by atoms with Crippen molar-refractivity contribution in [3.8, 4) is 0 Å². The van der Waals surface area contributed by atoms with Crippen molar-refractivity contribution >= 4 is 22.2 Å². The van der Waals surface area contributed by atoms with Gasteiger partial charge in [0.2, 0.25) is 0 Å². The third kappa shape index (κ3) is 22.1. The molecule has 0 saturated carbocycles. The Hall–Kier alpha value is -1.66. The third-order valence-corrected chi connectivity index (χ3v) is 14.7. The van der Waals surface area contributed by atoms with Crippen molar-refractivity contribution in [1.29, 1.82) is 0 Å². The van der Waals surface area contributed by atoms with Crippen LogP contribution in [0.25, 0.3) is 0 Å². The van der Waals surface area contributed by atoms with Gasteiger partial charge in [-0.25, -0.2) is 0 Å². The third-order valence-electron chi connectivity index (χ3n) is 8.51. The van der Waals surface area contributed by atoms with E-state index in [1.54, 1.807) is 13.2 Å². The first-order valence-corrected chi connectivity index (χ1v) is 24.3. The molecule has 0 bridgehead atoms. The second kappa shape index (κ2) is 23.7. The molecule has 0 spiro atoms. The molecule has 0 saturated heterocycles. The normalized spacial score (nSPS) is 16.3. The molecule has 0 aromatic rings. The lowest BCUT2D eigenvalue weighted by Crippen LogP contribution is -2.47. The van der Waals surface area contributed by atoms with E-state index in [-0.39, 0.29) is 48.6 Å². The zero-order chi connectivity index (χ0) is 37.0. The summed E-state index contributed by atoms with van der Waals surface area (Å²) in [4.78, 5) is 12.0. The lowest BCUT2D eigenvalue weighted by Gasteiger charge is -2.40. The smallest absolute Gasteiger partial charge is 0.192 e. The summed E-state index contributed by atoms with van der Waals surface area (Å²) in [6.07, 6.45) is 18.7. The van der Waals surface area contributed by atoms with E-state index < -0.39 is 16.4 Å². The van der Waals surface area contributed by atoms with Gasteiger partial charge in [0.05, 0.1) is 12.2 Å². The summed E-state index contributed by atoms with van der Waals surface area (Å²) in [6, 6.07) is 1.11. The summed E-state index contributed by atoms with van der Waals surface area (Å²) >= 11 is 0. The van der Waals surface area contributed by atoms with Crippen molar-refractivity contribution in [1.82, 2.24) is 0 Å². The molecule has 0 aromatic carbocycles. The Morgan fingerprint density at radius 3 is 2.17 bits per heavy atom. The van der Waals surface area contributed by atoms with Crippen LogP contribution in [0.1, 0.15) is 81.1 Å². The molecule has 0 heterocycles. The molecule has 0 aliphatic carbocycles. The molecule has 0 rings (SSSR count). The van der Waals surface area contributed by atoms with Crippen LogP contribution in [0.2, 0.25) is 43.8 Å².